The molecule has 0 aromatic rings. The quantitative estimate of drug-likeness (QED) is 0.591. The second-order valence-electron chi connectivity index (χ2n) is 5.00. The van der Waals surface area contributed by atoms with Crippen molar-refractivity contribution in [3.8, 4) is 0 Å². The molecular formula is C13H26N2O3. The van der Waals surface area contributed by atoms with E-state index in [1.54, 1.807) is 7.05 Å². The van der Waals surface area contributed by atoms with E-state index in [0.717, 1.165) is 19.4 Å². The van der Waals surface area contributed by atoms with E-state index in [0.29, 0.717) is 13.0 Å². The minimum absolute atomic E-state index is 0.211. The monoisotopic (exact) mass is 258 g/mol. The molecule has 5 heteroatoms. The fourth-order valence-corrected chi connectivity index (χ4v) is 2.50. The maximum Gasteiger partial charge on any atom is 0.239 e. The summed E-state index contributed by atoms with van der Waals surface area (Å²) in [5.74, 6) is -0.211. The molecule has 0 radical (unpaired) electrons. The van der Waals surface area contributed by atoms with Gasteiger partial charge in [0.05, 0.1) is 6.10 Å². The third kappa shape index (κ3) is 3.93. The van der Waals surface area contributed by atoms with Gasteiger partial charge in [-0.1, -0.05) is 26.2 Å². The fraction of sp³-hybridized carbons (Fsp3) is 0.923. The van der Waals surface area contributed by atoms with E-state index in [-0.39, 0.29) is 5.91 Å². The van der Waals surface area contributed by atoms with Crippen LogP contribution in [0, 0.1) is 0 Å². The molecule has 0 aromatic carbocycles. The third-order valence-electron chi connectivity index (χ3n) is 3.64. The Labute approximate surface area is 109 Å². The summed E-state index contributed by atoms with van der Waals surface area (Å²) in [4.78, 5) is 13.8. The van der Waals surface area contributed by atoms with Crippen molar-refractivity contribution in [1.82, 2.24) is 10.2 Å². The predicted octanol–water partition coefficient (Wildman–Crippen LogP) is 0.109. The molecule has 0 spiro atoms. The summed E-state index contributed by atoms with van der Waals surface area (Å²) in [5, 5.41) is 22.2. The number of nitrogens with one attached hydrogen (secondary N) is 1. The smallest absolute Gasteiger partial charge is 0.239 e. The first-order valence-electron chi connectivity index (χ1n) is 6.93. The summed E-state index contributed by atoms with van der Waals surface area (Å²) < 4.78 is 0. The predicted molar refractivity (Wildman–Crippen MR) is 70.2 cm³/mol. The van der Waals surface area contributed by atoms with Crippen molar-refractivity contribution in [2.75, 3.05) is 20.1 Å². The van der Waals surface area contributed by atoms with Gasteiger partial charge in [-0.3, -0.25) is 9.69 Å². The molecular weight excluding hydrogens is 232 g/mol. The first-order chi connectivity index (χ1) is 8.61. The SMILES string of the molecule is CCCCCCN1CC[C@H](O)[C@H](O)[C@H]1C(=O)NC. The number of hydrogen-bond donors (Lipinski definition) is 3. The van der Waals surface area contributed by atoms with Crippen LogP contribution in [0.15, 0.2) is 0 Å². The number of aliphatic hydroxyl groups is 2. The van der Waals surface area contributed by atoms with Gasteiger partial charge in [0.2, 0.25) is 5.91 Å². The highest BCUT2D eigenvalue weighted by atomic mass is 16.3. The first kappa shape index (κ1) is 15.4. The standard InChI is InChI=1S/C13H26N2O3/c1-3-4-5-6-8-15-9-7-10(16)12(17)11(15)13(18)14-2/h10-12,16-17H,3-9H2,1-2H3,(H,14,18)/t10-,11-,12-/m0/s1. The molecule has 0 saturated carbocycles. The van der Waals surface area contributed by atoms with Crippen LogP contribution < -0.4 is 5.32 Å². The van der Waals surface area contributed by atoms with Crippen LogP contribution in [0.3, 0.4) is 0 Å². The molecule has 0 aromatic heterocycles. The Bertz CT molecular complexity index is 261. The van der Waals surface area contributed by atoms with Gasteiger partial charge < -0.3 is 15.5 Å². The summed E-state index contributed by atoms with van der Waals surface area (Å²) in [6.45, 7) is 3.64. The van der Waals surface area contributed by atoms with Gasteiger partial charge in [0.15, 0.2) is 0 Å². The summed E-state index contributed by atoms with van der Waals surface area (Å²) in [6.07, 6.45) is 3.31. The van der Waals surface area contributed by atoms with Crippen molar-refractivity contribution in [2.45, 2.75) is 57.3 Å². The van der Waals surface area contributed by atoms with Crippen molar-refractivity contribution in [1.29, 1.82) is 0 Å². The van der Waals surface area contributed by atoms with Gasteiger partial charge in [-0.15, -0.1) is 0 Å². The number of rotatable bonds is 6. The minimum Gasteiger partial charge on any atom is -0.390 e. The number of piperidine rings is 1. The maximum atomic E-state index is 11.8. The Kier molecular flexibility index (Phi) is 6.60. The molecule has 5 nitrogen and oxygen atoms in total. The number of unbranched alkanes of at least 4 members (excludes halogenated alkanes) is 3. The zero-order valence-electron chi connectivity index (χ0n) is 11.4. The highest BCUT2D eigenvalue weighted by molar-refractivity contribution is 5.82. The lowest BCUT2D eigenvalue weighted by atomic mass is 9.95. The summed E-state index contributed by atoms with van der Waals surface area (Å²) in [6, 6.07) is -0.611. The van der Waals surface area contributed by atoms with E-state index < -0.39 is 18.2 Å². The van der Waals surface area contributed by atoms with Gasteiger partial charge in [0.25, 0.3) is 0 Å². The van der Waals surface area contributed by atoms with Crippen molar-refractivity contribution in [2.24, 2.45) is 0 Å². The number of amides is 1. The normalized spacial score (nSPS) is 29.2. The average molecular weight is 258 g/mol. The van der Waals surface area contributed by atoms with Gasteiger partial charge in [0, 0.05) is 13.6 Å². The molecule has 0 aliphatic carbocycles. The molecule has 18 heavy (non-hydrogen) atoms. The number of nitrogens with zero attached hydrogens (tertiary/aromatic N) is 1. The number of likely N-dealkylation sites (N-methyl/N-ethyl adjacent to an activating group) is 1. The number of aliphatic hydroxyl groups excluding tert-OH is 2. The minimum atomic E-state index is -0.982. The second kappa shape index (κ2) is 7.71. The molecule has 1 amide bonds. The van der Waals surface area contributed by atoms with E-state index in [4.69, 9.17) is 0 Å². The number of carbonyl (C=O) groups excluding carboxylic acids is 1. The van der Waals surface area contributed by atoms with Crippen LogP contribution in [-0.2, 0) is 4.79 Å². The van der Waals surface area contributed by atoms with Crippen LogP contribution in [0.1, 0.15) is 39.0 Å². The van der Waals surface area contributed by atoms with E-state index in [1.165, 1.54) is 12.8 Å². The molecule has 0 bridgehead atoms. The largest absolute Gasteiger partial charge is 0.390 e. The number of likely N-dealkylation sites (tertiary alicyclic amines) is 1. The molecule has 1 rings (SSSR count). The Balaban J connectivity index is 2.54. The first-order valence-corrected chi connectivity index (χ1v) is 6.93. The number of hydrogen-bond acceptors (Lipinski definition) is 4. The van der Waals surface area contributed by atoms with Crippen LogP contribution in [0.4, 0.5) is 0 Å². The van der Waals surface area contributed by atoms with Crippen LogP contribution in [0.5, 0.6) is 0 Å². The van der Waals surface area contributed by atoms with Crippen LogP contribution in [0.25, 0.3) is 0 Å². The van der Waals surface area contributed by atoms with Gasteiger partial charge >= 0.3 is 0 Å². The molecule has 3 N–H and O–H groups in total. The summed E-state index contributed by atoms with van der Waals surface area (Å²) >= 11 is 0. The van der Waals surface area contributed by atoms with Gasteiger partial charge in [-0.05, 0) is 19.4 Å². The van der Waals surface area contributed by atoms with E-state index >= 15 is 0 Å². The molecule has 0 unspecified atom stereocenters. The van der Waals surface area contributed by atoms with E-state index in [2.05, 4.69) is 12.2 Å². The average Bonchev–Trinajstić information content (AvgIpc) is 2.38. The topological polar surface area (TPSA) is 72.8 Å². The Hall–Kier alpha value is -0.650. The number of carbonyl (C=O) groups is 1. The highest BCUT2D eigenvalue weighted by Gasteiger charge is 2.39. The van der Waals surface area contributed by atoms with Gasteiger partial charge in [0.1, 0.15) is 12.1 Å². The molecule has 1 saturated heterocycles. The van der Waals surface area contributed by atoms with E-state index in [1.807, 2.05) is 4.90 Å². The molecule has 3 atom stereocenters. The van der Waals surface area contributed by atoms with Crippen LogP contribution in [0.2, 0.25) is 0 Å². The molecule has 1 aliphatic heterocycles. The van der Waals surface area contributed by atoms with Crippen LogP contribution in [-0.4, -0.2) is 59.4 Å². The zero-order chi connectivity index (χ0) is 13.5. The van der Waals surface area contributed by atoms with Gasteiger partial charge in [-0.25, -0.2) is 0 Å². The fourth-order valence-electron chi connectivity index (χ4n) is 2.50. The highest BCUT2D eigenvalue weighted by Crippen LogP contribution is 2.19. The summed E-state index contributed by atoms with van der Waals surface area (Å²) in [7, 11) is 1.56. The Morgan fingerprint density at radius 2 is 2.06 bits per heavy atom. The lowest BCUT2D eigenvalue weighted by molar-refractivity contribution is -0.140. The van der Waals surface area contributed by atoms with Crippen molar-refractivity contribution < 1.29 is 15.0 Å². The molecule has 1 fully saturated rings. The summed E-state index contributed by atoms with van der Waals surface area (Å²) in [5.41, 5.74) is 0. The van der Waals surface area contributed by atoms with Crippen molar-refractivity contribution in [3.05, 3.63) is 0 Å². The van der Waals surface area contributed by atoms with Crippen molar-refractivity contribution in [3.63, 3.8) is 0 Å². The Morgan fingerprint density at radius 1 is 1.33 bits per heavy atom. The molecule has 1 aliphatic rings. The third-order valence-corrected chi connectivity index (χ3v) is 3.64. The Morgan fingerprint density at radius 3 is 2.67 bits per heavy atom. The maximum absolute atomic E-state index is 11.8. The van der Waals surface area contributed by atoms with Crippen molar-refractivity contribution >= 4 is 5.91 Å². The molecule has 1 heterocycles. The zero-order valence-corrected chi connectivity index (χ0v) is 11.4. The van der Waals surface area contributed by atoms with E-state index in [9.17, 15) is 15.0 Å². The van der Waals surface area contributed by atoms with Crippen LogP contribution >= 0.6 is 0 Å². The lowest BCUT2D eigenvalue weighted by Gasteiger charge is -2.40. The van der Waals surface area contributed by atoms with Gasteiger partial charge in [-0.2, -0.15) is 0 Å². The lowest BCUT2D eigenvalue weighted by Crippen LogP contribution is -2.60. The second-order valence-corrected chi connectivity index (χ2v) is 5.00. The molecule has 106 valence electrons.